The molecule has 1 aliphatic rings. The quantitative estimate of drug-likeness (QED) is 0.753. The van der Waals surface area contributed by atoms with Crippen molar-refractivity contribution in [2.75, 3.05) is 19.6 Å². The third-order valence-electron chi connectivity index (χ3n) is 3.90. The monoisotopic (exact) mass is 287 g/mol. The first kappa shape index (κ1) is 14.7. The van der Waals surface area contributed by atoms with Gasteiger partial charge in [-0.1, -0.05) is 30.3 Å². The third kappa shape index (κ3) is 3.90. The van der Waals surface area contributed by atoms with E-state index in [1.807, 2.05) is 11.8 Å². The molecule has 0 bridgehead atoms. The van der Waals surface area contributed by atoms with E-state index < -0.39 is 5.92 Å². The topological polar surface area (TPSA) is 3.24 Å². The molecule has 1 atom stereocenters. The summed E-state index contributed by atoms with van der Waals surface area (Å²) in [6.45, 7) is 3.22. The second-order valence-corrected chi connectivity index (χ2v) is 6.05. The third-order valence-corrected chi connectivity index (χ3v) is 4.26. The fourth-order valence-corrected chi connectivity index (χ4v) is 2.88. The highest BCUT2D eigenvalue weighted by molar-refractivity contribution is 6.20. The fraction of sp³-hybridized carbons (Fsp3) is 0.600. The highest BCUT2D eigenvalue weighted by Gasteiger charge is 2.35. The molecule has 19 heavy (non-hydrogen) atoms. The second kappa shape index (κ2) is 6.19. The van der Waals surface area contributed by atoms with E-state index in [1.54, 1.807) is 18.2 Å². The van der Waals surface area contributed by atoms with Gasteiger partial charge in [0.2, 0.25) is 0 Å². The van der Waals surface area contributed by atoms with Gasteiger partial charge in [-0.25, -0.2) is 0 Å². The summed E-state index contributed by atoms with van der Waals surface area (Å²) < 4.78 is 28.3. The highest BCUT2D eigenvalue weighted by Crippen LogP contribution is 2.31. The molecule has 1 aliphatic heterocycles. The SMILES string of the molecule is CC(Cl)C1CCN(CC(F)(F)c2ccccc2)CC1. The lowest BCUT2D eigenvalue weighted by Gasteiger charge is -2.35. The zero-order valence-electron chi connectivity index (χ0n) is 11.2. The van der Waals surface area contributed by atoms with Crippen LogP contribution >= 0.6 is 11.6 Å². The van der Waals surface area contributed by atoms with Crippen molar-refractivity contribution in [3.8, 4) is 0 Å². The van der Waals surface area contributed by atoms with Crippen LogP contribution in [0.5, 0.6) is 0 Å². The largest absolute Gasteiger partial charge is 0.297 e. The van der Waals surface area contributed by atoms with E-state index in [-0.39, 0.29) is 17.5 Å². The zero-order chi connectivity index (χ0) is 13.9. The van der Waals surface area contributed by atoms with Gasteiger partial charge in [0.05, 0.1) is 6.54 Å². The first-order chi connectivity index (χ1) is 8.99. The normalized spacial score (nSPS) is 20.4. The predicted octanol–water partition coefficient (Wildman–Crippen LogP) is 4.12. The molecule has 0 radical (unpaired) electrons. The second-order valence-electron chi connectivity index (χ2n) is 5.36. The number of nitrogens with zero attached hydrogens (tertiary/aromatic N) is 1. The predicted molar refractivity (Wildman–Crippen MR) is 74.8 cm³/mol. The van der Waals surface area contributed by atoms with Crippen LogP contribution in [0.15, 0.2) is 30.3 Å². The Morgan fingerprint density at radius 3 is 2.37 bits per heavy atom. The van der Waals surface area contributed by atoms with Crippen molar-refractivity contribution in [2.24, 2.45) is 5.92 Å². The average Bonchev–Trinajstić information content (AvgIpc) is 2.40. The van der Waals surface area contributed by atoms with Gasteiger partial charge in [-0.2, -0.15) is 8.78 Å². The molecule has 1 heterocycles. The Balaban J connectivity index is 1.92. The number of hydrogen-bond acceptors (Lipinski definition) is 1. The summed E-state index contributed by atoms with van der Waals surface area (Å²) in [6, 6.07) is 8.06. The van der Waals surface area contributed by atoms with Crippen molar-refractivity contribution in [2.45, 2.75) is 31.1 Å². The first-order valence-electron chi connectivity index (χ1n) is 6.79. The molecule has 0 aromatic heterocycles. The minimum Gasteiger partial charge on any atom is -0.297 e. The molecule has 0 aliphatic carbocycles. The number of halogens is 3. The van der Waals surface area contributed by atoms with Crippen LogP contribution in [0, 0.1) is 5.92 Å². The molecule has 0 spiro atoms. The summed E-state index contributed by atoms with van der Waals surface area (Å²) in [7, 11) is 0. The minimum atomic E-state index is -2.78. The lowest BCUT2D eigenvalue weighted by molar-refractivity contribution is -0.0445. The van der Waals surface area contributed by atoms with E-state index in [0.717, 1.165) is 12.8 Å². The molecule has 106 valence electrons. The number of piperidine rings is 1. The number of alkyl halides is 3. The molecule has 1 fully saturated rings. The van der Waals surface area contributed by atoms with E-state index in [2.05, 4.69) is 0 Å². The smallest absolute Gasteiger partial charge is 0.285 e. The van der Waals surface area contributed by atoms with Gasteiger partial charge in [0, 0.05) is 10.9 Å². The van der Waals surface area contributed by atoms with Crippen LogP contribution in [0.25, 0.3) is 0 Å². The minimum absolute atomic E-state index is 0.0998. The molecule has 1 saturated heterocycles. The molecular formula is C15H20ClF2N. The lowest BCUT2D eigenvalue weighted by Crippen LogP contribution is -2.41. The molecule has 0 amide bonds. The van der Waals surface area contributed by atoms with E-state index in [1.165, 1.54) is 12.1 Å². The number of likely N-dealkylation sites (tertiary alicyclic amines) is 1. The Bertz CT molecular complexity index is 386. The number of benzene rings is 1. The summed E-state index contributed by atoms with van der Waals surface area (Å²) in [5.74, 6) is -2.32. The van der Waals surface area contributed by atoms with E-state index in [9.17, 15) is 8.78 Å². The van der Waals surface area contributed by atoms with Crippen LogP contribution < -0.4 is 0 Å². The van der Waals surface area contributed by atoms with Crippen molar-refractivity contribution >= 4 is 11.6 Å². The fourth-order valence-electron chi connectivity index (χ4n) is 2.62. The van der Waals surface area contributed by atoms with Gasteiger partial charge in [0.15, 0.2) is 0 Å². The molecule has 0 N–H and O–H groups in total. The van der Waals surface area contributed by atoms with E-state index in [4.69, 9.17) is 11.6 Å². The Labute approximate surface area is 118 Å². The summed E-state index contributed by atoms with van der Waals surface area (Å²) in [6.07, 6.45) is 1.82. The van der Waals surface area contributed by atoms with Crippen molar-refractivity contribution in [1.29, 1.82) is 0 Å². The van der Waals surface area contributed by atoms with Gasteiger partial charge < -0.3 is 0 Å². The van der Waals surface area contributed by atoms with E-state index in [0.29, 0.717) is 19.0 Å². The van der Waals surface area contributed by atoms with Crippen LogP contribution in [0.3, 0.4) is 0 Å². The zero-order valence-corrected chi connectivity index (χ0v) is 11.9. The maximum Gasteiger partial charge on any atom is 0.285 e. The standard InChI is InChI=1S/C15H20ClF2N/c1-12(16)13-7-9-19(10-8-13)11-15(17,18)14-5-3-2-4-6-14/h2-6,12-13H,7-11H2,1H3. The molecule has 0 saturated carbocycles. The van der Waals surface area contributed by atoms with Crippen LogP contribution in [-0.2, 0) is 5.92 Å². The van der Waals surface area contributed by atoms with Crippen LogP contribution in [-0.4, -0.2) is 29.9 Å². The first-order valence-corrected chi connectivity index (χ1v) is 7.22. The van der Waals surface area contributed by atoms with Gasteiger partial charge in [0.25, 0.3) is 5.92 Å². The molecule has 1 aromatic rings. The summed E-state index contributed by atoms with van der Waals surface area (Å²) in [4.78, 5) is 1.85. The van der Waals surface area contributed by atoms with Crippen LogP contribution in [0.4, 0.5) is 8.78 Å². The number of rotatable bonds is 4. The summed E-state index contributed by atoms with van der Waals surface area (Å²) >= 11 is 6.07. The molecule has 1 unspecified atom stereocenters. The summed E-state index contributed by atoms with van der Waals surface area (Å²) in [5.41, 5.74) is 0.0998. The van der Waals surface area contributed by atoms with Gasteiger partial charge >= 0.3 is 0 Å². The molecule has 1 nitrogen and oxygen atoms in total. The maximum absolute atomic E-state index is 14.1. The number of hydrogen-bond donors (Lipinski definition) is 0. The van der Waals surface area contributed by atoms with Crippen molar-refractivity contribution < 1.29 is 8.78 Å². The van der Waals surface area contributed by atoms with Crippen LogP contribution in [0.1, 0.15) is 25.3 Å². The van der Waals surface area contributed by atoms with Gasteiger partial charge in [-0.15, -0.1) is 11.6 Å². The molecule has 2 rings (SSSR count). The van der Waals surface area contributed by atoms with Gasteiger partial charge in [0.1, 0.15) is 0 Å². The van der Waals surface area contributed by atoms with Crippen LogP contribution in [0.2, 0.25) is 0 Å². The Hall–Kier alpha value is -0.670. The Morgan fingerprint density at radius 2 is 1.84 bits per heavy atom. The highest BCUT2D eigenvalue weighted by atomic mass is 35.5. The van der Waals surface area contributed by atoms with E-state index >= 15 is 0 Å². The van der Waals surface area contributed by atoms with Crippen molar-refractivity contribution in [3.63, 3.8) is 0 Å². The Morgan fingerprint density at radius 1 is 1.26 bits per heavy atom. The Kier molecular flexibility index (Phi) is 4.80. The molecule has 4 heteroatoms. The summed E-state index contributed by atoms with van der Waals surface area (Å²) in [5, 5.41) is 0.136. The average molecular weight is 288 g/mol. The van der Waals surface area contributed by atoms with Gasteiger partial charge in [-0.05, 0) is 38.8 Å². The maximum atomic E-state index is 14.1. The lowest BCUT2D eigenvalue weighted by atomic mass is 9.93. The molecular weight excluding hydrogens is 268 g/mol. The molecule has 1 aromatic carbocycles. The van der Waals surface area contributed by atoms with Gasteiger partial charge in [-0.3, -0.25) is 4.90 Å². The van der Waals surface area contributed by atoms with Crippen molar-refractivity contribution in [1.82, 2.24) is 4.90 Å². The van der Waals surface area contributed by atoms with Crippen molar-refractivity contribution in [3.05, 3.63) is 35.9 Å².